The van der Waals surface area contributed by atoms with Crippen LogP contribution in [-0.4, -0.2) is 26.2 Å². The molecular formula is C46H40F6N2. The molecule has 2 N–H and O–H groups in total. The van der Waals surface area contributed by atoms with Crippen molar-refractivity contribution in [3.8, 4) is 22.3 Å². The van der Waals surface area contributed by atoms with Crippen LogP contribution in [-0.2, 0) is 10.8 Å². The molecule has 8 heteroatoms. The maximum absolute atomic E-state index is 14.0. The molecule has 6 aromatic rings. The Balaban J connectivity index is 0.000000167. The van der Waals surface area contributed by atoms with E-state index in [1.165, 1.54) is 60.7 Å². The molecular weight excluding hydrogens is 695 g/mol. The molecule has 2 aliphatic rings. The lowest BCUT2D eigenvalue weighted by Crippen LogP contribution is -2.30. The van der Waals surface area contributed by atoms with Crippen molar-refractivity contribution in [3.63, 3.8) is 0 Å². The highest BCUT2D eigenvalue weighted by molar-refractivity contribution is 5.66. The van der Waals surface area contributed by atoms with Gasteiger partial charge in [-0.1, -0.05) is 98.8 Å². The second kappa shape index (κ2) is 15.3. The Morgan fingerprint density at radius 2 is 0.741 bits per heavy atom. The lowest BCUT2D eigenvalue weighted by atomic mass is 9.71. The van der Waals surface area contributed by atoms with Crippen LogP contribution in [0.15, 0.2) is 133 Å². The average molecular weight is 735 g/mol. The minimum atomic E-state index is -0.568. The minimum absolute atomic E-state index is 0.00473. The fraction of sp³-hybridized carbons (Fsp3) is 0.217. The van der Waals surface area contributed by atoms with E-state index in [1.54, 1.807) is 24.3 Å². The van der Waals surface area contributed by atoms with Crippen molar-refractivity contribution in [2.75, 3.05) is 26.2 Å². The van der Waals surface area contributed by atoms with Crippen LogP contribution >= 0.6 is 0 Å². The monoisotopic (exact) mass is 734 g/mol. The van der Waals surface area contributed by atoms with Gasteiger partial charge in [0, 0.05) is 48.8 Å². The first kappa shape index (κ1) is 37.1. The summed E-state index contributed by atoms with van der Waals surface area (Å²) in [6, 6.07) is 35.8. The summed E-state index contributed by atoms with van der Waals surface area (Å²) in [7, 11) is 0. The molecule has 0 saturated carbocycles. The van der Waals surface area contributed by atoms with E-state index in [-0.39, 0.29) is 45.4 Å². The van der Waals surface area contributed by atoms with E-state index >= 15 is 0 Å². The average Bonchev–Trinajstić information content (AvgIpc) is 3.76. The van der Waals surface area contributed by atoms with Crippen molar-refractivity contribution in [1.82, 2.24) is 10.6 Å². The second-order valence-corrected chi connectivity index (χ2v) is 14.7. The van der Waals surface area contributed by atoms with E-state index < -0.39 is 23.3 Å². The van der Waals surface area contributed by atoms with Crippen LogP contribution in [0.3, 0.4) is 0 Å². The smallest absolute Gasteiger partial charge is 0.133 e. The Bertz CT molecular complexity index is 2020. The number of hydrogen-bond donors (Lipinski definition) is 2. The Labute approximate surface area is 311 Å². The summed E-state index contributed by atoms with van der Waals surface area (Å²) >= 11 is 0. The predicted molar refractivity (Wildman–Crippen MR) is 202 cm³/mol. The first-order valence-corrected chi connectivity index (χ1v) is 18.0. The molecule has 0 spiro atoms. The molecule has 0 radical (unpaired) electrons. The van der Waals surface area contributed by atoms with Gasteiger partial charge >= 0.3 is 0 Å². The Hall–Kier alpha value is -5.18. The van der Waals surface area contributed by atoms with Gasteiger partial charge in [-0.3, -0.25) is 0 Å². The van der Waals surface area contributed by atoms with E-state index in [4.69, 9.17) is 0 Å². The highest BCUT2D eigenvalue weighted by atomic mass is 19.2. The van der Waals surface area contributed by atoms with Gasteiger partial charge in [0.25, 0.3) is 0 Å². The molecule has 2 saturated heterocycles. The molecule has 6 aromatic carbocycles. The maximum atomic E-state index is 14.0. The van der Waals surface area contributed by atoms with Gasteiger partial charge in [-0.25, -0.2) is 26.3 Å². The fourth-order valence-corrected chi connectivity index (χ4v) is 8.20. The van der Waals surface area contributed by atoms with Gasteiger partial charge in [-0.15, -0.1) is 0 Å². The maximum Gasteiger partial charge on any atom is 0.133 e. The topological polar surface area (TPSA) is 24.1 Å². The molecule has 8 rings (SSSR count). The van der Waals surface area contributed by atoms with Crippen LogP contribution in [0.2, 0.25) is 0 Å². The number of halogens is 6. The molecule has 54 heavy (non-hydrogen) atoms. The zero-order valence-corrected chi connectivity index (χ0v) is 30.0. The molecule has 276 valence electrons. The van der Waals surface area contributed by atoms with Crippen LogP contribution < -0.4 is 10.6 Å². The standard InChI is InChI=1S/2C23H20F3N/c2*1-23(17-9-11-18(24)12-10-17)14-27-13-19(23)15-5-7-16(8-6-15)22-20(25)3-2-4-21(22)26/h2*2-12,19,27H,13-14H2,1H3/t2*19-,23+/m10/s1. The summed E-state index contributed by atoms with van der Waals surface area (Å²) in [5.41, 5.74) is 4.99. The highest BCUT2D eigenvalue weighted by Gasteiger charge is 2.42. The second-order valence-electron chi connectivity index (χ2n) is 14.7. The summed E-state index contributed by atoms with van der Waals surface area (Å²) in [6.07, 6.45) is 0. The quantitative estimate of drug-likeness (QED) is 0.167. The third-order valence-corrected chi connectivity index (χ3v) is 11.4. The van der Waals surface area contributed by atoms with E-state index in [2.05, 4.69) is 24.5 Å². The summed E-state index contributed by atoms with van der Waals surface area (Å²) < 4.78 is 82.8. The van der Waals surface area contributed by atoms with Gasteiger partial charge in [0.1, 0.15) is 34.9 Å². The zero-order valence-electron chi connectivity index (χ0n) is 30.0. The van der Waals surface area contributed by atoms with Gasteiger partial charge in [0.2, 0.25) is 0 Å². The molecule has 0 unspecified atom stereocenters. The largest absolute Gasteiger partial charge is 0.315 e. The minimum Gasteiger partial charge on any atom is -0.315 e. The van der Waals surface area contributed by atoms with Crippen molar-refractivity contribution >= 4 is 0 Å². The van der Waals surface area contributed by atoms with Crippen molar-refractivity contribution in [2.45, 2.75) is 36.5 Å². The van der Waals surface area contributed by atoms with Crippen molar-refractivity contribution in [1.29, 1.82) is 0 Å². The van der Waals surface area contributed by atoms with E-state index in [1.807, 2.05) is 48.5 Å². The number of benzene rings is 6. The lowest BCUT2D eigenvalue weighted by molar-refractivity contribution is 0.464. The Morgan fingerprint density at radius 3 is 1.06 bits per heavy atom. The molecule has 0 aliphatic carbocycles. The van der Waals surface area contributed by atoms with Gasteiger partial charge < -0.3 is 10.6 Å². The third-order valence-electron chi connectivity index (χ3n) is 11.4. The van der Waals surface area contributed by atoms with Crippen molar-refractivity contribution < 1.29 is 26.3 Å². The molecule has 2 heterocycles. The molecule has 2 nitrogen and oxygen atoms in total. The first-order valence-electron chi connectivity index (χ1n) is 18.0. The third kappa shape index (κ3) is 7.20. The fourth-order valence-electron chi connectivity index (χ4n) is 8.20. The molecule has 2 fully saturated rings. The SMILES string of the molecule is C[C@@]1(c2ccc(F)cc2)CNC[C@@H]1c1ccc(-c2c(F)cccc2F)cc1.C[C@]1(c2ccc(F)cc2)CNC[C@H]1c1ccc(-c2c(F)cccc2F)cc1. The van der Waals surface area contributed by atoms with Crippen LogP contribution in [0.25, 0.3) is 22.3 Å². The van der Waals surface area contributed by atoms with Crippen LogP contribution in [0.4, 0.5) is 26.3 Å². The van der Waals surface area contributed by atoms with E-state index in [0.717, 1.165) is 48.4 Å². The van der Waals surface area contributed by atoms with Crippen LogP contribution in [0.5, 0.6) is 0 Å². The molecule has 0 amide bonds. The predicted octanol–water partition coefficient (Wildman–Crippen LogP) is 10.8. The van der Waals surface area contributed by atoms with Crippen LogP contribution in [0.1, 0.15) is 47.9 Å². The van der Waals surface area contributed by atoms with Gasteiger partial charge in [0.05, 0.1) is 11.1 Å². The summed E-state index contributed by atoms with van der Waals surface area (Å²) in [5, 5.41) is 6.85. The summed E-state index contributed by atoms with van der Waals surface area (Å²) in [5.74, 6) is -2.40. The lowest BCUT2D eigenvalue weighted by Gasteiger charge is -2.31. The van der Waals surface area contributed by atoms with Crippen molar-refractivity contribution in [2.24, 2.45) is 0 Å². The Morgan fingerprint density at radius 1 is 0.426 bits per heavy atom. The van der Waals surface area contributed by atoms with Gasteiger partial charge in [-0.2, -0.15) is 0 Å². The molecule has 0 aromatic heterocycles. The normalized spacial score (nSPS) is 22.1. The number of hydrogen-bond acceptors (Lipinski definition) is 2. The first-order chi connectivity index (χ1) is 26.0. The van der Waals surface area contributed by atoms with Gasteiger partial charge in [-0.05, 0) is 81.9 Å². The van der Waals surface area contributed by atoms with Crippen molar-refractivity contribution in [3.05, 3.63) is 191 Å². The van der Waals surface area contributed by atoms with Gasteiger partial charge in [0.15, 0.2) is 0 Å². The number of rotatable bonds is 6. The molecule has 0 bridgehead atoms. The van der Waals surface area contributed by atoms with E-state index in [0.29, 0.717) is 11.1 Å². The Kier molecular flexibility index (Phi) is 10.5. The zero-order chi connectivity index (χ0) is 38.0. The number of nitrogens with one attached hydrogen (secondary N) is 2. The van der Waals surface area contributed by atoms with Crippen LogP contribution in [0, 0.1) is 34.9 Å². The highest BCUT2D eigenvalue weighted by Crippen LogP contribution is 2.44. The molecule has 4 atom stereocenters. The van der Waals surface area contributed by atoms with E-state index in [9.17, 15) is 26.3 Å². The molecule has 2 aliphatic heterocycles. The summed E-state index contributed by atoms with van der Waals surface area (Å²) in [4.78, 5) is 0. The summed E-state index contributed by atoms with van der Waals surface area (Å²) in [6.45, 7) is 7.48.